The Hall–Kier alpha value is -0.513. The van der Waals surface area contributed by atoms with Crippen molar-refractivity contribution in [1.82, 2.24) is 0 Å². The molecule has 0 aliphatic rings. The molecular formula is C16H33FO6SSi. The first-order valence-corrected chi connectivity index (χ1v) is 13.2. The summed E-state index contributed by atoms with van der Waals surface area (Å²) in [6.45, 7) is 11.6. The predicted molar refractivity (Wildman–Crippen MR) is 98.3 cm³/mol. The number of halogens is 1. The van der Waals surface area contributed by atoms with Gasteiger partial charge in [-0.2, -0.15) is 8.42 Å². The fourth-order valence-corrected chi connectivity index (χ4v) is 3.17. The zero-order valence-corrected chi connectivity index (χ0v) is 18.3. The molecule has 0 aliphatic heterocycles. The largest absolute Gasteiger partial charge is 0.466 e. The van der Waals surface area contributed by atoms with E-state index < -0.39 is 30.1 Å². The summed E-state index contributed by atoms with van der Waals surface area (Å²) in [7, 11) is -5.82. The van der Waals surface area contributed by atoms with E-state index in [0.717, 1.165) is 6.26 Å². The monoisotopic (exact) mass is 400 g/mol. The Labute approximate surface area is 152 Å². The molecule has 0 radical (unpaired) electrons. The van der Waals surface area contributed by atoms with Gasteiger partial charge in [0, 0.05) is 12.8 Å². The van der Waals surface area contributed by atoms with Gasteiger partial charge in [0.2, 0.25) is 0 Å². The van der Waals surface area contributed by atoms with Crippen LogP contribution in [0.4, 0.5) is 4.39 Å². The van der Waals surface area contributed by atoms with Crippen LogP contribution in [0.25, 0.3) is 0 Å². The number of esters is 1. The van der Waals surface area contributed by atoms with Crippen LogP contribution in [0.15, 0.2) is 0 Å². The molecule has 0 bridgehead atoms. The molecular weight excluding hydrogens is 367 g/mol. The molecule has 150 valence electrons. The van der Waals surface area contributed by atoms with Crippen molar-refractivity contribution >= 4 is 24.4 Å². The minimum absolute atomic E-state index is 0.0850. The molecule has 0 spiro atoms. The summed E-state index contributed by atoms with van der Waals surface area (Å²) >= 11 is 0. The van der Waals surface area contributed by atoms with Crippen LogP contribution in [0.5, 0.6) is 0 Å². The van der Waals surface area contributed by atoms with Crippen LogP contribution in [-0.2, 0) is 28.3 Å². The lowest BCUT2D eigenvalue weighted by atomic mass is 9.97. The van der Waals surface area contributed by atoms with Gasteiger partial charge in [-0.05, 0) is 31.5 Å². The van der Waals surface area contributed by atoms with E-state index in [1.807, 2.05) is 33.9 Å². The van der Waals surface area contributed by atoms with Gasteiger partial charge in [-0.15, -0.1) is 0 Å². The third-order valence-corrected chi connectivity index (χ3v) is 9.50. The van der Waals surface area contributed by atoms with Crippen molar-refractivity contribution in [3.8, 4) is 0 Å². The Bertz CT molecular complexity index is 529. The predicted octanol–water partition coefficient (Wildman–Crippen LogP) is 3.43. The Morgan fingerprint density at radius 3 is 2.16 bits per heavy atom. The van der Waals surface area contributed by atoms with Crippen molar-refractivity contribution in [3.05, 3.63) is 0 Å². The lowest BCUT2D eigenvalue weighted by Gasteiger charge is -2.38. The highest BCUT2D eigenvalue weighted by Gasteiger charge is 2.40. The number of alkyl halides is 1. The number of carbonyl (C=O) groups excluding carboxylic acids is 1. The van der Waals surface area contributed by atoms with E-state index in [1.54, 1.807) is 6.92 Å². The highest BCUT2D eigenvalue weighted by molar-refractivity contribution is 7.85. The van der Waals surface area contributed by atoms with Crippen LogP contribution >= 0.6 is 0 Å². The molecule has 0 aromatic heterocycles. The number of carbonyl (C=O) groups is 1. The Morgan fingerprint density at radius 2 is 1.72 bits per heavy atom. The van der Waals surface area contributed by atoms with E-state index in [0.29, 0.717) is 0 Å². The molecule has 0 saturated heterocycles. The van der Waals surface area contributed by atoms with Crippen LogP contribution in [0, 0.1) is 0 Å². The standard InChI is InChI=1S/C16H33FO6SSi/c1-8-21-14(18)9-10-16(17,11-12-22-24(5,19)20)13-23-25(6,7)15(2,3)4/h8-13H2,1-7H3/t16-/m0/s1. The second-order valence-electron chi connectivity index (χ2n) is 7.78. The van der Waals surface area contributed by atoms with Crippen LogP contribution in [0.3, 0.4) is 0 Å². The molecule has 0 rings (SSSR count). The second-order valence-corrected chi connectivity index (χ2v) is 14.2. The van der Waals surface area contributed by atoms with Crippen molar-refractivity contribution in [3.63, 3.8) is 0 Å². The Kier molecular flexibility index (Phi) is 9.24. The van der Waals surface area contributed by atoms with E-state index in [4.69, 9.17) is 9.16 Å². The van der Waals surface area contributed by atoms with Crippen molar-refractivity contribution in [2.75, 3.05) is 26.1 Å². The van der Waals surface area contributed by atoms with Gasteiger partial charge in [0.25, 0.3) is 10.1 Å². The minimum atomic E-state index is -3.64. The first-order valence-electron chi connectivity index (χ1n) is 8.45. The summed E-state index contributed by atoms with van der Waals surface area (Å²) in [5.41, 5.74) is -1.85. The van der Waals surface area contributed by atoms with Crippen molar-refractivity contribution in [2.45, 2.75) is 70.8 Å². The molecule has 0 heterocycles. The van der Waals surface area contributed by atoms with Crippen molar-refractivity contribution < 1.29 is 30.9 Å². The Morgan fingerprint density at radius 1 is 1.16 bits per heavy atom. The fraction of sp³-hybridized carbons (Fsp3) is 0.938. The summed E-state index contributed by atoms with van der Waals surface area (Å²) in [5, 5.41) is -0.0850. The first kappa shape index (κ1) is 24.5. The molecule has 6 nitrogen and oxygen atoms in total. The molecule has 0 aliphatic carbocycles. The molecule has 0 aromatic rings. The van der Waals surface area contributed by atoms with Crippen LogP contribution in [0.2, 0.25) is 18.1 Å². The molecule has 0 fully saturated rings. The quantitative estimate of drug-likeness (QED) is 0.300. The first-order chi connectivity index (χ1) is 11.1. The molecule has 0 saturated carbocycles. The topological polar surface area (TPSA) is 78.9 Å². The average Bonchev–Trinajstić information content (AvgIpc) is 2.41. The van der Waals surface area contributed by atoms with Crippen LogP contribution in [0.1, 0.15) is 47.0 Å². The minimum Gasteiger partial charge on any atom is -0.466 e. The lowest BCUT2D eigenvalue weighted by Crippen LogP contribution is -2.45. The summed E-state index contributed by atoms with van der Waals surface area (Å²) in [6, 6.07) is 0. The third-order valence-electron chi connectivity index (χ3n) is 4.43. The molecule has 0 unspecified atom stereocenters. The van der Waals surface area contributed by atoms with Crippen LogP contribution in [-0.4, -0.2) is 54.4 Å². The molecule has 0 N–H and O–H groups in total. The second kappa shape index (κ2) is 9.43. The Balaban J connectivity index is 4.95. The molecule has 0 aromatic carbocycles. The number of hydrogen-bond acceptors (Lipinski definition) is 6. The number of ether oxygens (including phenoxy) is 1. The van der Waals surface area contributed by atoms with E-state index in [-0.39, 0.29) is 44.1 Å². The van der Waals surface area contributed by atoms with Gasteiger partial charge in [0.05, 0.1) is 26.1 Å². The number of rotatable bonds is 11. The van der Waals surface area contributed by atoms with Crippen molar-refractivity contribution in [2.24, 2.45) is 0 Å². The van der Waals surface area contributed by atoms with E-state index >= 15 is 4.39 Å². The molecule has 0 amide bonds. The van der Waals surface area contributed by atoms with Gasteiger partial charge in [-0.1, -0.05) is 20.8 Å². The van der Waals surface area contributed by atoms with Crippen molar-refractivity contribution in [1.29, 1.82) is 0 Å². The van der Waals surface area contributed by atoms with E-state index in [1.165, 1.54) is 0 Å². The lowest BCUT2D eigenvalue weighted by molar-refractivity contribution is -0.144. The van der Waals surface area contributed by atoms with Gasteiger partial charge in [0.1, 0.15) is 5.67 Å². The van der Waals surface area contributed by atoms with Crippen LogP contribution < -0.4 is 0 Å². The van der Waals surface area contributed by atoms with Gasteiger partial charge in [-0.25, -0.2) is 4.39 Å². The SMILES string of the molecule is CCOC(=O)CC[C@](F)(CCOS(C)(=O)=O)CO[Si](C)(C)C(C)(C)C. The van der Waals surface area contributed by atoms with Gasteiger partial charge < -0.3 is 9.16 Å². The highest BCUT2D eigenvalue weighted by Crippen LogP contribution is 2.38. The number of hydrogen-bond donors (Lipinski definition) is 0. The maximum atomic E-state index is 15.3. The maximum absolute atomic E-state index is 15.3. The zero-order valence-electron chi connectivity index (χ0n) is 16.5. The van der Waals surface area contributed by atoms with Gasteiger partial charge in [-0.3, -0.25) is 8.98 Å². The third kappa shape index (κ3) is 10.3. The molecule has 9 heteroatoms. The van der Waals surface area contributed by atoms with Gasteiger partial charge >= 0.3 is 5.97 Å². The molecule has 25 heavy (non-hydrogen) atoms. The van der Waals surface area contributed by atoms with E-state index in [2.05, 4.69) is 4.18 Å². The highest BCUT2D eigenvalue weighted by atomic mass is 32.2. The normalized spacial score (nSPS) is 15.7. The summed E-state index contributed by atoms with van der Waals surface area (Å²) in [4.78, 5) is 11.5. The summed E-state index contributed by atoms with van der Waals surface area (Å²) < 4.78 is 52.9. The zero-order chi connectivity index (χ0) is 19.9. The summed E-state index contributed by atoms with van der Waals surface area (Å²) in [5.74, 6) is -0.485. The fourth-order valence-electron chi connectivity index (χ4n) is 1.73. The average molecular weight is 401 g/mol. The summed E-state index contributed by atoms with van der Waals surface area (Å²) in [6.07, 6.45) is 0.545. The smallest absolute Gasteiger partial charge is 0.305 e. The molecule has 1 atom stereocenters. The van der Waals surface area contributed by atoms with Gasteiger partial charge in [0.15, 0.2) is 8.32 Å². The van der Waals surface area contributed by atoms with E-state index in [9.17, 15) is 13.2 Å². The maximum Gasteiger partial charge on any atom is 0.305 e.